The highest BCUT2D eigenvalue weighted by Gasteiger charge is 2.18. The Morgan fingerprint density at radius 2 is 1.67 bits per heavy atom. The number of furan rings is 1. The number of hydrogen-bond donors (Lipinski definition) is 2. The summed E-state index contributed by atoms with van der Waals surface area (Å²) in [7, 11) is 5.13. The van der Waals surface area contributed by atoms with Gasteiger partial charge in [0.15, 0.2) is 11.5 Å². The second-order valence-electron chi connectivity index (χ2n) is 8.39. The van der Waals surface area contributed by atoms with Crippen LogP contribution in [-0.4, -0.2) is 64.2 Å². The Hall–Kier alpha value is -4.24. The minimum absolute atomic E-state index is 0.0351. The standard InChI is InChI=1S/C27H30N4O5/c1-30-12-14-31(15-13-30)21-9-7-20(8-10-21)28-27(33)23(18-22-5-4-16-36-22)29-26(32)19-6-11-24(34-2)25(17-19)35-3/h4-11,16-18H,12-15H2,1-3H3,(H,28,33)(H,29,32)/b23-18-. The summed E-state index contributed by atoms with van der Waals surface area (Å²) in [6.07, 6.45) is 2.97. The van der Waals surface area contributed by atoms with Crippen LogP contribution in [0.2, 0.25) is 0 Å². The van der Waals surface area contributed by atoms with Crippen molar-refractivity contribution in [1.29, 1.82) is 0 Å². The fourth-order valence-corrected chi connectivity index (χ4v) is 3.86. The van der Waals surface area contributed by atoms with E-state index in [4.69, 9.17) is 13.9 Å². The maximum Gasteiger partial charge on any atom is 0.272 e. The number of rotatable bonds is 8. The van der Waals surface area contributed by atoms with Crippen LogP contribution in [0.25, 0.3) is 6.08 Å². The minimum Gasteiger partial charge on any atom is -0.493 e. The molecule has 1 aromatic heterocycles. The highest BCUT2D eigenvalue weighted by atomic mass is 16.5. The quantitative estimate of drug-likeness (QED) is 0.467. The normalized spacial score (nSPS) is 14.3. The van der Waals surface area contributed by atoms with Crippen molar-refractivity contribution < 1.29 is 23.5 Å². The van der Waals surface area contributed by atoms with Crippen molar-refractivity contribution in [3.63, 3.8) is 0 Å². The van der Waals surface area contributed by atoms with Gasteiger partial charge in [-0.3, -0.25) is 9.59 Å². The number of nitrogens with zero attached hydrogens (tertiary/aromatic N) is 2. The molecule has 3 aromatic rings. The Bertz CT molecular complexity index is 1210. The van der Waals surface area contributed by atoms with Crippen LogP contribution in [0.15, 0.2) is 71.0 Å². The molecule has 2 N–H and O–H groups in total. The molecule has 0 aliphatic carbocycles. The molecule has 2 aromatic carbocycles. The fraction of sp³-hybridized carbons (Fsp3) is 0.259. The fourth-order valence-electron chi connectivity index (χ4n) is 3.86. The van der Waals surface area contributed by atoms with Gasteiger partial charge >= 0.3 is 0 Å². The van der Waals surface area contributed by atoms with Crippen LogP contribution in [0.1, 0.15) is 16.1 Å². The van der Waals surface area contributed by atoms with E-state index in [1.165, 1.54) is 26.6 Å². The first-order valence-electron chi connectivity index (χ1n) is 11.6. The van der Waals surface area contributed by atoms with E-state index in [-0.39, 0.29) is 5.70 Å². The first-order valence-corrected chi connectivity index (χ1v) is 11.6. The van der Waals surface area contributed by atoms with Crippen molar-refractivity contribution in [3.8, 4) is 11.5 Å². The lowest BCUT2D eigenvalue weighted by molar-refractivity contribution is -0.113. The van der Waals surface area contributed by atoms with Gasteiger partial charge in [-0.05, 0) is 61.6 Å². The zero-order valence-electron chi connectivity index (χ0n) is 20.6. The molecule has 2 amide bonds. The number of benzene rings is 2. The molecule has 0 radical (unpaired) electrons. The number of amides is 2. The second kappa shape index (κ2) is 11.5. The zero-order valence-corrected chi connectivity index (χ0v) is 20.6. The van der Waals surface area contributed by atoms with Crippen molar-refractivity contribution in [1.82, 2.24) is 10.2 Å². The number of nitrogens with one attached hydrogen (secondary N) is 2. The van der Waals surface area contributed by atoms with E-state index >= 15 is 0 Å². The molecule has 9 nitrogen and oxygen atoms in total. The third kappa shape index (κ3) is 6.05. The van der Waals surface area contributed by atoms with Crippen LogP contribution in [0, 0.1) is 0 Å². The van der Waals surface area contributed by atoms with E-state index in [2.05, 4.69) is 27.5 Å². The van der Waals surface area contributed by atoms with E-state index in [9.17, 15) is 9.59 Å². The summed E-state index contributed by atoms with van der Waals surface area (Å²) in [5.41, 5.74) is 2.06. The molecule has 1 fully saturated rings. The van der Waals surface area contributed by atoms with Gasteiger partial charge < -0.3 is 34.3 Å². The molecular formula is C27H30N4O5. The Morgan fingerprint density at radius 1 is 0.944 bits per heavy atom. The van der Waals surface area contributed by atoms with Crippen molar-refractivity contribution >= 4 is 29.3 Å². The summed E-state index contributed by atoms with van der Waals surface area (Å²) in [6, 6.07) is 15.8. The molecule has 4 rings (SSSR count). The lowest BCUT2D eigenvalue weighted by atomic mass is 10.1. The molecule has 2 heterocycles. The van der Waals surface area contributed by atoms with Gasteiger partial charge in [0, 0.05) is 49.2 Å². The van der Waals surface area contributed by atoms with Crippen molar-refractivity contribution in [2.45, 2.75) is 0 Å². The predicted octanol–water partition coefficient (Wildman–Crippen LogP) is 3.46. The molecule has 1 aliphatic rings. The van der Waals surface area contributed by atoms with Gasteiger partial charge in [0.25, 0.3) is 11.8 Å². The lowest BCUT2D eigenvalue weighted by Crippen LogP contribution is -2.44. The lowest BCUT2D eigenvalue weighted by Gasteiger charge is -2.34. The Morgan fingerprint density at radius 3 is 2.31 bits per heavy atom. The van der Waals surface area contributed by atoms with Gasteiger partial charge in [0.2, 0.25) is 0 Å². The third-order valence-electron chi connectivity index (χ3n) is 5.96. The highest BCUT2D eigenvalue weighted by molar-refractivity contribution is 6.10. The first-order chi connectivity index (χ1) is 17.5. The summed E-state index contributed by atoms with van der Waals surface area (Å²) in [6.45, 7) is 3.94. The third-order valence-corrected chi connectivity index (χ3v) is 5.96. The topological polar surface area (TPSA) is 96.3 Å². The van der Waals surface area contributed by atoms with E-state index in [1.807, 2.05) is 24.3 Å². The van der Waals surface area contributed by atoms with Gasteiger partial charge in [0.1, 0.15) is 11.5 Å². The van der Waals surface area contributed by atoms with Gasteiger partial charge in [-0.1, -0.05) is 0 Å². The zero-order chi connectivity index (χ0) is 25.5. The van der Waals surface area contributed by atoms with E-state index in [0.29, 0.717) is 28.5 Å². The van der Waals surface area contributed by atoms with Crippen LogP contribution in [0.3, 0.4) is 0 Å². The van der Waals surface area contributed by atoms with E-state index in [0.717, 1.165) is 31.9 Å². The summed E-state index contributed by atoms with van der Waals surface area (Å²) in [5, 5.41) is 5.54. The molecule has 188 valence electrons. The van der Waals surface area contributed by atoms with E-state index < -0.39 is 11.8 Å². The number of piperazine rings is 1. The van der Waals surface area contributed by atoms with Gasteiger partial charge in [0.05, 0.1) is 20.5 Å². The Kier molecular flexibility index (Phi) is 7.92. The number of carbonyl (C=O) groups excluding carboxylic acids is 2. The SMILES string of the molecule is COc1ccc(C(=O)N/C(=C\c2ccco2)C(=O)Nc2ccc(N3CCN(C)CC3)cc2)cc1OC. The smallest absolute Gasteiger partial charge is 0.272 e. The highest BCUT2D eigenvalue weighted by Crippen LogP contribution is 2.27. The van der Waals surface area contributed by atoms with Crippen LogP contribution < -0.4 is 25.0 Å². The monoisotopic (exact) mass is 490 g/mol. The summed E-state index contributed by atoms with van der Waals surface area (Å²) >= 11 is 0. The molecule has 0 bridgehead atoms. The van der Waals surface area contributed by atoms with E-state index in [1.54, 1.807) is 30.3 Å². The van der Waals surface area contributed by atoms with Crippen LogP contribution in [-0.2, 0) is 4.79 Å². The molecule has 1 saturated heterocycles. The molecular weight excluding hydrogens is 460 g/mol. The number of anilines is 2. The first kappa shape index (κ1) is 24.9. The number of methoxy groups -OCH3 is 2. The number of likely N-dealkylation sites (N-methyl/N-ethyl adjacent to an activating group) is 1. The molecule has 1 aliphatic heterocycles. The predicted molar refractivity (Wildman–Crippen MR) is 138 cm³/mol. The van der Waals surface area contributed by atoms with Crippen molar-refractivity contribution in [2.24, 2.45) is 0 Å². The van der Waals surface area contributed by atoms with Crippen LogP contribution >= 0.6 is 0 Å². The number of carbonyl (C=O) groups is 2. The molecule has 9 heteroatoms. The largest absolute Gasteiger partial charge is 0.493 e. The van der Waals surface area contributed by atoms with Crippen LogP contribution in [0.4, 0.5) is 11.4 Å². The summed E-state index contributed by atoms with van der Waals surface area (Å²) in [4.78, 5) is 30.8. The molecule has 0 spiro atoms. The van der Waals surface area contributed by atoms with Gasteiger partial charge in [-0.15, -0.1) is 0 Å². The summed E-state index contributed by atoms with van der Waals surface area (Å²) in [5.74, 6) is 0.379. The van der Waals surface area contributed by atoms with Gasteiger partial charge in [-0.25, -0.2) is 0 Å². The van der Waals surface area contributed by atoms with Crippen LogP contribution in [0.5, 0.6) is 11.5 Å². The Balaban J connectivity index is 1.49. The molecule has 0 atom stereocenters. The Labute approximate surface area is 210 Å². The second-order valence-corrected chi connectivity index (χ2v) is 8.39. The van der Waals surface area contributed by atoms with Gasteiger partial charge in [-0.2, -0.15) is 0 Å². The van der Waals surface area contributed by atoms with Crippen molar-refractivity contribution in [2.75, 3.05) is 57.7 Å². The van der Waals surface area contributed by atoms with Crippen molar-refractivity contribution in [3.05, 3.63) is 77.9 Å². The number of ether oxygens (including phenoxy) is 2. The number of hydrogen-bond acceptors (Lipinski definition) is 7. The maximum absolute atomic E-state index is 13.2. The molecule has 0 unspecified atom stereocenters. The minimum atomic E-state index is -0.479. The average molecular weight is 491 g/mol. The average Bonchev–Trinajstić information content (AvgIpc) is 3.42. The summed E-state index contributed by atoms with van der Waals surface area (Å²) < 4.78 is 15.9. The maximum atomic E-state index is 13.2. The molecule has 36 heavy (non-hydrogen) atoms. The molecule has 0 saturated carbocycles.